The van der Waals surface area contributed by atoms with Gasteiger partial charge in [0.1, 0.15) is 0 Å². The fourth-order valence-electron chi connectivity index (χ4n) is 1.21. The highest BCUT2D eigenvalue weighted by atomic mass is 15.3. The van der Waals surface area contributed by atoms with Crippen LogP contribution in [0.3, 0.4) is 0 Å². The third kappa shape index (κ3) is 2.10. The van der Waals surface area contributed by atoms with Crippen LogP contribution in [0.15, 0.2) is 36.8 Å². The molecule has 2 rings (SSSR count). The normalized spacial score (nSPS) is 10.1. The maximum absolute atomic E-state index is 4.21. The molecule has 0 aliphatic rings. The lowest BCUT2D eigenvalue weighted by Crippen LogP contribution is -1.99. The third-order valence-electron chi connectivity index (χ3n) is 1.90. The molecule has 2 aromatic heterocycles. The van der Waals surface area contributed by atoms with Gasteiger partial charge in [-0.05, 0) is 12.1 Å². The van der Waals surface area contributed by atoms with Crippen molar-refractivity contribution < 1.29 is 0 Å². The van der Waals surface area contributed by atoms with Gasteiger partial charge in [-0.3, -0.25) is 9.67 Å². The SMILES string of the molecule is Cn1cc(NCc2ccccn2)cn1. The van der Waals surface area contributed by atoms with Gasteiger partial charge in [0.05, 0.1) is 24.1 Å². The molecule has 0 saturated heterocycles. The van der Waals surface area contributed by atoms with E-state index in [0.717, 1.165) is 17.9 Å². The van der Waals surface area contributed by atoms with Gasteiger partial charge in [0, 0.05) is 19.4 Å². The van der Waals surface area contributed by atoms with Gasteiger partial charge >= 0.3 is 0 Å². The molecular weight excluding hydrogens is 176 g/mol. The van der Waals surface area contributed by atoms with Gasteiger partial charge in [-0.2, -0.15) is 5.10 Å². The van der Waals surface area contributed by atoms with Gasteiger partial charge in [0.15, 0.2) is 0 Å². The standard InChI is InChI=1S/C10H12N4/c1-14-8-10(7-13-14)12-6-9-4-2-3-5-11-9/h2-5,7-8,12H,6H2,1H3. The number of anilines is 1. The van der Waals surface area contributed by atoms with Gasteiger partial charge in [0.25, 0.3) is 0 Å². The average molecular weight is 188 g/mol. The summed E-state index contributed by atoms with van der Waals surface area (Å²) in [6.07, 6.45) is 5.52. The van der Waals surface area contributed by atoms with E-state index in [4.69, 9.17) is 0 Å². The number of pyridine rings is 1. The van der Waals surface area contributed by atoms with Crippen LogP contribution in [-0.4, -0.2) is 14.8 Å². The van der Waals surface area contributed by atoms with E-state index in [-0.39, 0.29) is 0 Å². The van der Waals surface area contributed by atoms with Crippen LogP contribution in [0.1, 0.15) is 5.69 Å². The van der Waals surface area contributed by atoms with E-state index in [1.165, 1.54) is 0 Å². The fraction of sp³-hybridized carbons (Fsp3) is 0.200. The topological polar surface area (TPSA) is 42.7 Å². The Morgan fingerprint density at radius 2 is 2.36 bits per heavy atom. The minimum atomic E-state index is 0.729. The van der Waals surface area contributed by atoms with E-state index in [0.29, 0.717) is 0 Å². The monoisotopic (exact) mass is 188 g/mol. The van der Waals surface area contributed by atoms with Crippen LogP contribution in [0.5, 0.6) is 0 Å². The molecule has 2 heterocycles. The molecule has 0 unspecified atom stereocenters. The quantitative estimate of drug-likeness (QED) is 0.792. The molecule has 0 fully saturated rings. The molecule has 0 saturated carbocycles. The van der Waals surface area contributed by atoms with Crippen LogP contribution in [-0.2, 0) is 13.6 Å². The van der Waals surface area contributed by atoms with E-state index in [9.17, 15) is 0 Å². The predicted molar refractivity (Wildman–Crippen MR) is 54.8 cm³/mol. The second kappa shape index (κ2) is 3.91. The predicted octanol–water partition coefficient (Wildman–Crippen LogP) is 1.43. The minimum absolute atomic E-state index is 0.729. The number of nitrogens with one attached hydrogen (secondary N) is 1. The van der Waals surface area contributed by atoms with Crippen LogP contribution in [0.25, 0.3) is 0 Å². The maximum Gasteiger partial charge on any atom is 0.0729 e. The van der Waals surface area contributed by atoms with Gasteiger partial charge in [-0.15, -0.1) is 0 Å². The molecule has 2 aromatic rings. The molecule has 0 aliphatic carbocycles. The zero-order valence-electron chi connectivity index (χ0n) is 8.01. The number of aromatic nitrogens is 3. The van der Waals surface area contributed by atoms with Crippen LogP contribution < -0.4 is 5.32 Å². The Balaban J connectivity index is 1.95. The lowest BCUT2D eigenvalue weighted by molar-refractivity contribution is 0.768. The Labute approximate surface area is 82.6 Å². The smallest absolute Gasteiger partial charge is 0.0729 e. The van der Waals surface area contributed by atoms with E-state index in [1.54, 1.807) is 17.1 Å². The van der Waals surface area contributed by atoms with Crippen molar-refractivity contribution in [3.8, 4) is 0 Å². The summed E-state index contributed by atoms with van der Waals surface area (Å²) in [6, 6.07) is 5.88. The number of rotatable bonds is 3. The Bertz CT molecular complexity index is 394. The molecular formula is C10H12N4. The van der Waals surface area contributed by atoms with Gasteiger partial charge in [-0.25, -0.2) is 0 Å². The van der Waals surface area contributed by atoms with Crippen molar-refractivity contribution in [1.82, 2.24) is 14.8 Å². The highest BCUT2D eigenvalue weighted by Gasteiger charge is 1.95. The highest BCUT2D eigenvalue weighted by Crippen LogP contribution is 2.05. The zero-order valence-corrected chi connectivity index (χ0v) is 8.01. The Kier molecular flexibility index (Phi) is 2.44. The first-order valence-corrected chi connectivity index (χ1v) is 4.47. The molecule has 14 heavy (non-hydrogen) atoms. The average Bonchev–Trinajstić information content (AvgIpc) is 2.63. The summed E-state index contributed by atoms with van der Waals surface area (Å²) < 4.78 is 1.76. The van der Waals surface area contributed by atoms with Crippen LogP contribution >= 0.6 is 0 Å². The highest BCUT2D eigenvalue weighted by molar-refractivity contribution is 5.38. The molecule has 4 nitrogen and oxygen atoms in total. The fourth-order valence-corrected chi connectivity index (χ4v) is 1.21. The lowest BCUT2D eigenvalue weighted by Gasteiger charge is -2.01. The van der Waals surface area contributed by atoms with Crippen molar-refractivity contribution in [1.29, 1.82) is 0 Å². The number of aryl methyl sites for hydroxylation is 1. The summed E-state index contributed by atoms with van der Waals surface area (Å²) in [7, 11) is 1.89. The summed E-state index contributed by atoms with van der Waals surface area (Å²) in [4.78, 5) is 4.21. The first-order chi connectivity index (χ1) is 6.84. The Hall–Kier alpha value is -1.84. The Morgan fingerprint density at radius 3 is 3.00 bits per heavy atom. The van der Waals surface area contributed by atoms with Crippen molar-refractivity contribution in [3.05, 3.63) is 42.5 Å². The lowest BCUT2D eigenvalue weighted by atomic mass is 10.3. The summed E-state index contributed by atoms with van der Waals surface area (Å²) in [5.41, 5.74) is 2.04. The Morgan fingerprint density at radius 1 is 1.43 bits per heavy atom. The molecule has 1 N–H and O–H groups in total. The summed E-state index contributed by atoms with van der Waals surface area (Å²) in [5, 5.41) is 7.30. The molecule has 0 aromatic carbocycles. The molecule has 0 amide bonds. The van der Waals surface area contributed by atoms with Crippen molar-refractivity contribution in [2.45, 2.75) is 6.54 Å². The molecule has 0 atom stereocenters. The van der Waals surface area contributed by atoms with Crippen LogP contribution in [0.4, 0.5) is 5.69 Å². The van der Waals surface area contributed by atoms with E-state index >= 15 is 0 Å². The van der Waals surface area contributed by atoms with Crippen molar-refractivity contribution in [3.63, 3.8) is 0 Å². The summed E-state index contributed by atoms with van der Waals surface area (Å²) in [5.74, 6) is 0. The molecule has 72 valence electrons. The number of hydrogen-bond acceptors (Lipinski definition) is 3. The van der Waals surface area contributed by atoms with Crippen molar-refractivity contribution >= 4 is 5.69 Å². The largest absolute Gasteiger partial charge is 0.377 e. The van der Waals surface area contributed by atoms with Gasteiger partial charge < -0.3 is 5.32 Å². The molecule has 0 spiro atoms. The van der Waals surface area contributed by atoms with Crippen molar-refractivity contribution in [2.24, 2.45) is 7.05 Å². The second-order valence-corrected chi connectivity index (χ2v) is 3.08. The minimum Gasteiger partial charge on any atom is -0.377 e. The molecule has 4 heteroatoms. The van der Waals surface area contributed by atoms with Crippen LogP contribution in [0, 0.1) is 0 Å². The molecule has 0 aliphatic heterocycles. The van der Waals surface area contributed by atoms with Crippen LogP contribution in [0.2, 0.25) is 0 Å². The number of hydrogen-bond donors (Lipinski definition) is 1. The van der Waals surface area contributed by atoms with E-state index in [1.807, 2.05) is 31.4 Å². The van der Waals surface area contributed by atoms with E-state index < -0.39 is 0 Å². The number of nitrogens with zero attached hydrogens (tertiary/aromatic N) is 3. The summed E-state index contributed by atoms with van der Waals surface area (Å²) in [6.45, 7) is 0.729. The van der Waals surface area contributed by atoms with Crippen molar-refractivity contribution in [2.75, 3.05) is 5.32 Å². The van der Waals surface area contributed by atoms with Gasteiger partial charge in [0.2, 0.25) is 0 Å². The first-order valence-electron chi connectivity index (χ1n) is 4.47. The van der Waals surface area contributed by atoms with Gasteiger partial charge in [-0.1, -0.05) is 6.07 Å². The third-order valence-corrected chi connectivity index (χ3v) is 1.90. The second-order valence-electron chi connectivity index (χ2n) is 3.08. The molecule has 0 bridgehead atoms. The first kappa shape index (κ1) is 8.74. The van der Waals surface area contributed by atoms with E-state index in [2.05, 4.69) is 15.4 Å². The maximum atomic E-state index is 4.21. The molecule has 0 radical (unpaired) electrons. The zero-order chi connectivity index (χ0) is 9.80. The summed E-state index contributed by atoms with van der Waals surface area (Å²) >= 11 is 0.